The molecular weight excluding hydrogens is 684 g/mol. The molecule has 12 heteroatoms. The third kappa shape index (κ3) is 14.2. The highest BCUT2D eigenvalue weighted by atomic mass is 35.5. The van der Waals surface area contributed by atoms with Crippen LogP contribution in [0.1, 0.15) is 97.4 Å². The van der Waals surface area contributed by atoms with Gasteiger partial charge in [-0.2, -0.15) is 0 Å². The van der Waals surface area contributed by atoms with Gasteiger partial charge >= 0.3 is 5.97 Å². The number of allylic oxidation sites excluding steroid dienone is 1. The summed E-state index contributed by atoms with van der Waals surface area (Å²) in [6.45, 7) is 15.4. The van der Waals surface area contributed by atoms with E-state index in [1.54, 1.807) is 38.1 Å². The van der Waals surface area contributed by atoms with Gasteiger partial charge in [-0.15, -0.1) is 0 Å². The quantitative estimate of drug-likeness (QED) is 0.0898. The van der Waals surface area contributed by atoms with E-state index in [9.17, 15) is 24.3 Å². The van der Waals surface area contributed by atoms with Gasteiger partial charge in [-0.05, 0) is 79.3 Å². The summed E-state index contributed by atoms with van der Waals surface area (Å²) in [6, 6.07) is 11.2. The molecule has 0 radical (unpaired) electrons. The molecule has 1 fully saturated rings. The topological polar surface area (TPSA) is 172 Å². The molecule has 2 aromatic carbocycles. The molecule has 5 atom stereocenters. The summed E-state index contributed by atoms with van der Waals surface area (Å²) in [4.78, 5) is 51.5. The highest BCUT2D eigenvalue weighted by Gasteiger charge is 2.43. The van der Waals surface area contributed by atoms with Crippen LogP contribution in [0.15, 0.2) is 54.6 Å². The fraction of sp³-hybridized carbons (Fsp3) is 0.550. The Balaban J connectivity index is 0.00000460. The van der Waals surface area contributed by atoms with E-state index in [0.717, 1.165) is 17.5 Å². The number of nitrogens with two attached hydrogens (primary N) is 1. The minimum Gasteiger partial charge on any atom is -0.495 e. The smallest absolute Gasteiger partial charge is 0.326 e. The first-order valence-corrected chi connectivity index (χ1v) is 18.4. The summed E-state index contributed by atoms with van der Waals surface area (Å²) >= 11 is 6.33. The molecule has 0 spiro atoms. The van der Waals surface area contributed by atoms with Crippen molar-refractivity contribution in [2.24, 2.45) is 22.5 Å². The molecular formula is C40H59ClN4O7. The van der Waals surface area contributed by atoms with Gasteiger partial charge in [0.1, 0.15) is 23.9 Å². The summed E-state index contributed by atoms with van der Waals surface area (Å²) in [6.07, 6.45) is 5.20. The van der Waals surface area contributed by atoms with Crippen LogP contribution in [-0.4, -0.2) is 60.6 Å². The number of carboxylic acids is 1. The molecule has 288 valence electrons. The zero-order valence-corrected chi connectivity index (χ0v) is 32.9. The van der Waals surface area contributed by atoms with Crippen molar-refractivity contribution in [2.45, 2.75) is 112 Å². The highest BCUT2D eigenvalue weighted by Crippen LogP contribution is 2.44. The maximum Gasteiger partial charge on any atom is 0.326 e. The van der Waals surface area contributed by atoms with Crippen LogP contribution in [0.2, 0.25) is 5.02 Å². The lowest BCUT2D eigenvalue weighted by Gasteiger charge is -2.29. The van der Waals surface area contributed by atoms with Crippen LogP contribution < -0.4 is 26.4 Å². The highest BCUT2D eigenvalue weighted by molar-refractivity contribution is 6.32. The first kappa shape index (κ1) is 44.2. The predicted octanol–water partition coefficient (Wildman–Crippen LogP) is 6.12. The maximum atomic E-state index is 13.5. The van der Waals surface area contributed by atoms with Crippen molar-refractivity contribution in [3.8, 4) is 5.75 Å². The summed E-state index contributed by atoms with van der Waals surface area (Å²) < 4.78 is 11.2. The molecule has 1 heterocycles. The fourth-order valence-electron chi connectivity index (χ4n) is 5.56. The molecule has 0 bridgehead atoms. The molecule has 0 saturated carbocycles. The van der Waals surface area contributed by atoms with Gasteiger partial charge in [0.05, 0.1) is 23.7 Å². The number of aliphatic carboxylic acids is 1. The van der Waals surface area contributed by atoms with Crippen LogP contribution >= 0.6 is 11.6 Å². The van der Waals surface area contributed by atoms with Crippen LogP contribution in [0.4, 0.5) is 0 Å². The van der Waals surface area contributed by atoms with Crippen molar-refractivity contribution in [3.05, 3.63) is 76.3 Å². The molecule has 2 aromatic rings. The number of epoxide rings is 1. The number of hydrogen-bond acceptors (Lipinski definition) is 7. The number of carbonyl (C=O) groups is 4. The van der Waals surface area contributed by atoms with Crippen molar-refractivity contribution in [3.63, 3.8) is 0 Å². The Bertz CT molecular complexity index is 1520. The molecule has 0 aliphatic carbocycles. The lowest BCUT2D eigenvalue weighted by molar-refractivity contribution is -0.144. The normalized spacial score (nSPS) is 17.2. The van der Waals surface area contributed by atoms with Gasteiger partial charge in [0.25, 0.3) is 0 Å². The van der Waals surface area contributed by atoms with Crippen LogP contribution in [0, 0.1) is 16.7 Å². The number of hydrogen-bond donors (Lipinski definition) is 5. The lowest BCUT2D eigenvalue weighted by atomic mass is 9.86. The Morgan fingerprint density at radius 3 is 2.19 bits per heavy atom. The maximum absolute atomic E-state index is 13.5. The minimum absolute atomic E-state index is 0.0629. The third-order valence-electron chi connectivity index (χ3n) is 8.72. The summed E-state index contributed by atoms with van der Waals surface area (Å²) in [5.74, 6) is -1.84. The molecule has 6 N–H and O–H groups in total. The predicted molar refractivity (Wildman–Crippen MR) is 205 cm³/mol. The molecule has 1 saturated heterocycles. The first-order chi connectivity index (χ1) is 24.4. The van der Waals surface area contributed by atoms with Crippen molar-refractivity contribution < 1.29 is 33.8 Å². The van der Waals surface area contributed by atoms with Gasteiger partial charge in [-0.1, -0.05) is 89.6 Å². The molecule has 1 aliphatic rings. The largest absolute Gasteiger partial charge is 0.495 e. The monoisotopic (exact) mass is 742 g/mol. The average Bonchev–Trinajstić information content (AvgIpc) is 3.90. The van der Waals surface area contributed by atoms with E-state index in [-0.39, 0.29) is 42.9 Å². The van der Waals surface area contributed by atoms with Gasteiger partial charge in [0, 0.05) is 19.5 Å². The number of amides is 3. The Hall–Kier alpha value is -3.93. The number of benzene rings is 2. The Morgan fingerprint density at radius 1 is 1.00 bits per heavy atom. The number of nitrogens with one attached hydrogen (secondary N) is 3. The number of halogens is 1. The van der Waals surface area contributed by atoms with Crippen LogP contribution in [0.3, 0.4) is 0 Å². The minimum atomic E-state index is -1.14. The fourth-order valence-corrected chi connectivity index (χ4v) is 5.84. The average molecular weight is 743 g/mol. The van der Waals surface area contributed by atoms with E-state index in [4.69, 9.17) is 26.8 Å². The Morgan fingerprint density at radius 2 is 1.63 bits per heavy atom. The number of rotatable bonds is 18. The van der Waals surface area contributed by atoms with E-state index in [0.29, 0.717) is 29.3 Å². The second kappa shape index (κ2) is 20.3. The van der Waals surface area contributed by atoms with Crippen molar-refractivity contribution in [1.29, 1.82) is 0 Å². The number of ether oxygens (including phenoxy) is 2. The summed E-state index contributed by atoms with van der Waals surface area (Å²) in [7, 11) is 1.50. The number of carboxylic acid groups (broad SMARTS) is 1. The second-order valence-electron chi connectivity index (χ2n) is 14.9. The molecule has 0 aromatic heterocycles. The lowest BCUT2D eigenvalue weighted by Crippen LogP contribution is -2.54. The van der Waals surface area contributed by atoms with Gasteiger partial charge in [-0.25, -0.2) is 4.79 Å². The van der Waals surface area contributed by atoms with E-state index in [2.05, 4.69) is 35.0 Å². The van der Waals surface area contributed by atoms with E-state index < -0.39 is 41.2 Å². The van der Waals surface area contributed by atoms with Gasteiger partial charge in [0.15, 0.2) is 0 Å². The second-order valence-corrected chi connectivity index (χ2v) is 15.3. The SMILES string of the molecule is CC.COc1ccc(C[C@@H](NC(=O)/C=C/CC[C@H](C)C2OC2c2ccc(CN)cc2)C(=O)NCC(C)(C)C(=O)N[C@@H](CC(C)(C)C)C(=O)O)cc1Cl. The zero-order valence-electron chi connectivity index (χ0n) is 32.2. The Kier molecular flexibility index (Phi) is 17.3. The van der Waals surface area contributed by atoms with Crippen LogP contribution in [0.25, 0.3) is 0 Å². The van der Waals surface area contributed by atoms with Gasteiger partial charge in [0.2, 0.25) is 17.7 Å². The van der Waals surface area contributed by atoms with E-state index >= 15 is 0 Å². The van der Waals surface area contributed by atoms with Gasteiger partial charge in [-0.3, -0.25) is 14.4 Å². The van der Waals surface area contributed by atoms with Gasteiger partial charge < -0.3 is 36.3 Å². The zero-order chi connectivity index (χ0) is 39.2. The molecule has 52 heavy (non-hydrogen) atoms. The van der Waals surface area contributed by atoms with E-state index in [1.165, 1.54) is 13.2 Å². The number of carbonyl (C=O) groups excluding carboxylic acids is 3. The molecule has 2 unspecified atom stereocenters. The van der Waals surface area contributed by atoms with E-state index in [1.807, 2.05) is 46.8 Å². The van der Waals surface area contributed by atoms with Crippen molar-refractivity contribution in [2.75, 3.05) is 13.7 Å². The first-order valence-electron chi connectivity index (χ1n) is 18.0. The third-order valence-corrected chi connectivity index (χ3v) is 9.01. The Labute approximate surface area is 314 Å². The molecule has 11 nitrogen and oxygen atoms in total. The summed E-state index contributed by atoms with van der Waals surface area (Å²) in [5, 5.41) is 18.2. The molecule has 1 aliphatic heterocycles. The van der Waals surface area contributed by atoms with Crippen LogP contribution in [-0.2, 0) is 36.9 Å². The molecule has 3 rings (SSSR count). The molecule has 3 amide bonds. The standard InChI is InChI=1S/C38H53ClN4O7.C2H6/c1-23(32-33(50-32)26-15-12-24(21-40)13-16-26)10-8-9-11-31(44)42-28(19-25-14-17-30(49-7)27(39)18-25)34(45)41-22-38(5,6)36(48)43-29(35(46)47)20-37(2,3)4;1-2/h9,11-18,23,28-29,32-33H,8,10,19-22,40H2,1-7H3,(H,41,45)(H,42,44)(H,43,48)(H,46,47);1-2H3/b11-9+;/t23-,28+,29-,32?,33?;/m0./s1. The van der Waals surface area contributed by atoms with Crippen molar-refractivity contribution in [1.82, 2.24) is 16.0 Å². The summed E-state index contributed by atoms with van der Waals surface area (Å²) in [5.41, 5.74) is 7.12. The van der Waals surface area contributed by atoms with Crippen molar-refractivity contribution >= 4 is 35.3 Å². The number of methoxy groups -OCH3 is 1. The van der Waals surface area contributed by atoms with Crippen LogP contribution in [0.5, 0.6) is 5.75 Å².